The molecule has 0 saturated heterocycles. The lowest BCUT2D eigenvalue weighted by Crippen LogP contribution is -2.45. The van der Waals surface area contributed by atoms with E-state index >= 15 is 0 Å². The minimum Gasteiger partial charge on any atom is -0.476 e. The molecule has 6 nitrogen and oxygen atoms in total. The van der Waals surface area contributed by atoms with Gasteiger partial charge in [-0.1, -0.05) is 57.0 Å². The Morgan fingerprint density at radius 2 is 2.00 bits per heavy atom. The molecule has 1 heterocycles. The van der Waals surface area contributed by atoms with Crippen molar-refractivity contribution >= 4 is 28.5 Å². The van der Waals surface area contributed by atoms with Gasteiger partial charge in [-0.15, -0.1) is 22.5 Å². The number of fused-ring (bicyclic) bond motifs is 1. The largest absolute Gasteiger partial charge is 0.476 e. The predicted octanol–water partition coefficient (Wildman–Crippen LogP) is 7.17. The maximum absolute atomic E-state index is 13.6. The molecule has 0 aliphatic carbocycles. The van der Waals surface area contributed by atoms with Crippen molar-refractivity contribution in [2.45, 2.75) is 67.2 Å². The highest BCUT2D eigenvalue weighted by Crippen LogP contribution is 2.58. The topological polar surface area (TPSA) is 99.0 Å². The highest BCUT2D eigenvalue weighted by molar-refractivity contribution is 8.22. The molecule has 186 valence electrons. The number of rotatable bonds is 9. The molecular formula is C25H32FNO5S2. The van der Waals surface area contributed by atoms with Crippen molar-refractivity contribution in [2.24, 2.45) is 0 Å². The Kier molecular flexibility index (Phi) is 8.70. The van der Waals surface area contributed by atoms with Crippen LogP contribution in [0.5, 0.6) is 5.75 Å². The molecule has 0 bridgehead atoms. The van der Waals surface area contributed by atoms with Gasteiger partial charge < -0.3 is 9.84 Å². The van der Waals surface area contributed by atoms with E-state index in [1.165, 1.54) is 17.8 Å². The van der Waals surface area contributed by atoms with Crippen molar-refractivity contribution in [3.63, 3.8) is 0 Å². The molecule has 1 aliphatic heterocycles. The molecule has 0 aromatic heterocycles. The average molecular weight is 510 g/mol. The zero-order chi connectivity index (χ0) is 24.9. The number of carboxylic acids is 1. The zero-order valence-electron chi connectivity index (χ0n) is 19.6. The van der Waals surface area contributed by atoms with E-state index in [1.807, 2.05) is 42.7 Å². The molecule has 2 aromatic rings. The van der Waals surface area contributed by atoms with Crippen molar-refractivity contribution in [1.29, 1.82) is 0 Å². The first kappa shape index (κ1) is 26.6. The number of hydrogen-bond donors (Lipinski definition) is 4. The summed E-state index contributed by atoms with van der Waals surface area (Å²) >= 11 is 1.35. The first-order valence-electron chi connectivity index (χ1n) is 11.3. The van der Waals surface area contributed by atoms with Crippen LogP contribution in [-0.4, -0.2) is 32.0 Å². The number of carboxylic acid groups (broad SMARTS) is 1. The van der Waals surface area contributed by atoms with Crippen LogP contribution in [0, 0.1) is 0 Å². The fourth-order valence-corrected chi connectivity index (χ4v) is 6.83. The second-order valence-electron chi connectivity index (χ2n) is 8.49. The summed E-state index contributed by atoms with van der Waals surface area (Å²) in [5.74, 6) is -3.13. The zero-order valence-corrected chi connectivity index (χ0v) is 21.2. The number of unbranched alkanes of at least 4 members (excludes halogenated alkanes) is 1. The van der Waals surface area contributed by atoms with Crippen LogP contribution in [-0.2, 0) is 4.79 Å². The van der Waals surface area contributed by atoms with Crippen LogP contribution in [0.15, 0.2) is 64.3 Å². The molecule has 1 aliphatic rings. The summed E-state index contributed by atoms with van der Waals surface area (Å²) in [7, 11) is -3.44. The van der Waals surface area contributed by atoms with E-state index in [1.54, 1.807) is 0 Å². The summed E-state index contributed by atoms with van der Waals surface area (Å²) in [5.41, 5.74) is 1.34. The molecule has 9 heteroatoms. The standard InChI is InChI=1S/C25H32FNO5S2/c1-4-6-12-25(5-2)15-19(17-10-8-7-9-11-17)18-13-22(33-3)21(32-16-20(26)24(28)29)14-23(18)34(30,31)27-25/h7-11,13-14,16,19,27,30-31H,4-6,12,15H2,1-3H3,(H,28,29)/b20-16-. The van der Waals surface area contributed by atoms with Gasteiger partial charge in [0, 0.05) is 17.5 Å². The maximum atomic E-state index is 13.6. The summed E-state index contributed by atoms with van der Waals surface area (Å²) in [6, 6.07) is 13.3. The average Bonchev–Trinajstić information content (AvgIpc) is 2.93. The first-order valence-corrected chi connectivity index (χ1v) is 14.0. The van der Waals surface area contributed by atoms with Crippen LogP contribution in [0.3, 0.4) is 0 Å². The van der Waals surface area contributed by atoms with Gasteiger partial charge in [-0.3, -0.25) is 9.11 Å². The summed E-state index contributed by atoms with van der Waals surface area (Å²) in [4.78, 5) is 11.8. The molecule has 0 saturated carbocycles. The minimum absolute atomic E-state index is 0.111. The van der Waals surface area contributed by atoms with Crippen molar-refractivity contribution in [1.82, 2.24) is 4.72 Å². The second-order valence-corrected chi connectivity index (χ2v) is 11.1. The smallest absolute Gasteiger partial charge is 0.368 e. The summed E-state index contributed by atoms with van der Waals surface area (Å²) in [6.45, 7) is 4.16. The van der Waals surface area contributed by atoms with Crippen molar-refractivity contribution in [2.75, 3.05) is 6.26 Å². The number of carbonyl (C=O) groups is 1. The molecule has 0 fully saturated rings. The van der Waals surface area contributed by atoms with Gasteiger partial charge in [0.2, 0.25) is 5.83 Å². The highest BCUT2D eigenvalue weighted by atomic mass is 32.3. The number of benzene rings is 2. The molecule has 2 unspecified atom stereocenters. The van der Waals surface area contributed by atoms with Crippen LogP contribution in [0.2, 0.25) is 0 Å². The number of ether oxygens (including phenoxy) is 1. The van der Waals surface area contributed by atoms with E-state index < -0.39 is 28.1 Å². The molecule has 2 aromatic carbocycles. The number of thioether (sulfide) groups is 1. The molecule has 2 atom stereocenters. The molecule has 4 N–H and O–H groups in total. The lowest BCUT2D eigenvalue weighted by atomic mass is 9.77. The van der Waals surface area contributed by atoms with Gasteiger partial charge >= 0.3 is 5.97 Å². The Morgan fingerprint density at radius 1 is 1.29 bits per heavy atom. The van der Waals surface area contributed by atoms with E-state index in [0.29, 0.717) is 24.0 Å². The van der Waals surface area contributed by atoms with E-state index in [0.717, 1.165) is 30.4 Å². The predicted molar refractivity (Wildman–Crippen MR) is 135 cm³/mol. The van der Waals surface area contributed by atoms with Crippen LogP contribution in [0.4, 0.5) is 4.39 Å². The van der Waals surface area contributed by atoms with Gasteiger partial charge in [-0.2, -0.15) is 4.39 Å². The highest BCUT2D eigenvalue weighted by Gasteiger charge is 2.42. The Hall–Kier alpha value is -2.04. The van der Waals surface area contributed by atoms with Gasteiger partial charge in [0.05, 0.1) is 9.79 Å². The summed E-state index contributed by atoms with van der Waals surface area (Å²) < 4.78 is 44.9. The number of nitrogens with one attached hydrogen (secondary N) is 1. The van der Waals surface area contributed by atoms with Gasteiger partial charge in [0.1, 0.15) is 12.0 Å². The van der Waals surface area contributed by atoms with E-state index in [4.69, 9.17) is 9.84 Å². The van der Waals surface area contributed by atoms with Crippen molar-refractivity contribution in [3.05, 3.63) is 65.7 Å². The van der Waals surface area contributed by atoms with Crippen LogP contribution < -0.4 is 9.46 Å². The minimum atomic E-state index is -3.44. The van der Waals surface area contributed by atoms with Gasteiger partial charge in [-0.05, 0) is 42.7 Å². The third-order valence-corrected chi connectivity index (χ3v) is 8.76. The van der Waals surface area contributed by atoms with Crippen LogP contribution >= 0.6 is 22.5 Å². The number of hydrogen-bond acceptors (Lipinski definition) is 6. The van der Waals surface area contributed by atoms with Gasteiger partial charge in [-0.25, -0.2) is 9.52 Å². The first-order chi connectivity index (χ1) is 16.2. The lowest BCUT2D eigenvalue weighted by Gasteiger charge is -2.43. The van der Waals surface area contributed by atoms with Crippen LogP contribution in [0.1, 0.15) is 63.0 Å². The third-order valence-electron chi connectivity index (χ3n) is 6.31. The molecular weight excluding hydrogens is 477 g/mol. The Bertz CT molecular complexity index is 1050. The molecule has 0 radical (unpaired) electrons. The van der Waals surface area contributed by atoms with Crippen molar-refractivity contribution in [3.8, 4) is 5.75 Å². The molecule has 0 spiro atoms. The molecule has 34 heavy (non-hydrogen) atoms. The Labute approximate surface area is 206 Å². The fourth-order valence-electron chi connectivity index (χ4n) is 4.44. The summed E-state index contributed by atoms with van der Waals surface area (Å²) in [6.07, 6.45) is 6.46. The van der Waals surface area contributed by atoms with E-state index in [2.05, 4.69) is 18.6 Å². The summed E-state index contributed by atoms with van der Waals surface area (Å²) in [5, 5.41) is 8.80. The Balaban J connectivity index is 2.21. The quantitative estimate of drug-likeness (QED) is 0.161. The van der Waals surface area contributed by atoms with Gasteiger partial charge in [0.15, 0.2) is 0 Å². The lowest BCUT2D eigenvalue weighted by molar-refractivity contribution is -0.134. The molecule has 3 rings (SSSR count). The SMILES string of the molecule is CCCCC1(CC)CC(c2ccccc2)c2cc(SC)c(O/C=C(\F)C(=O)O)cc2S(O)(O)N1. The van der Waals surface area contributed by atoms with Crippen molar-refractivity contribution < 1.29 is 28.1 Å². The van der Waals surface area contributed by atoms with E-state index in [-0.39, 0.29) is 16.6 Å². The second kappa shape index (κ2) is 11.1. The van der Waals surface area contributed by atoms with Crippen LogP contribution in [0.25, 0.3) is 0 Å². The maximum Gasteiger partial charge on any atom is 0.368 e. The normalized spacial score (nSPS) is 23.0. The monoisotopic (exact) mass is 509 g/mol. The number of aliphatic carboxylic acids is 1. The van der Waals surface area contributed by atoms with Gasteiger partial charge in [0.25, 0.3) is 0 Å². The third kappa shape index (κ3) is 5.78. The molecule has 0 amide bonds. The Morgan fingerprint density at radius 3 is 2.59 bits per heavy atom. The fraction of sp³-hybridized carbons (Fsp3) is 0.400. The van der Waals surface area contributed by atoms with E-state index in [9.17, 15) is 18.3 Å². The number of halogens is 1.